The quantitative estimate of drug-likeness (QED) is 0.724. The van der Waals surface area contributed by atoms with Crippen LogP contribution < -0.4 is 5.32 Å². The highest BCUT2D eigenvalue weighted by Gasteiger charge is 2.07. The van der Waals surface area contributed by atoms with E-state index in [0.29, 0.717) is 18.9 Å². The maximum atomic E-state index is 4.22. The fraction of sp³-hybridized carbons (Fsp3) is 0.250. The molecule has 8 nitrogen and oxygen atoms in total. The highest BCUT2D eigenvalue weighted by molar-refractivity contribution is 5.38. The van der Waals surface area contributed by atoms with Gasteiger partial charge in [0.05, 0.1) is 5.69 Å². The standard InChI is InChI=1S/C12H14N8/c1-19-9-14-11(16-19)7-8-13-12-15-17-18-20(12)10-5-3-2-4-6-10/h2-6,9H,7-8H2,1H3,(H,13,15,18). The number of hydrogen-bond donors (Lipinski definition) is 1. The summed E-state index contributed by atoms with van der Waals surface area (Å²) in [5, 5.41) is 19.0. The number of aromatic nitrogens is 7. The van der Waals surface area contributed by atoms with Gasteiger partial charge in [0.1, 0.15) is 6.33 Å². The first-order valence-electron chi connectivity index (χ1n) is 6.25. The molecular weight excluding hydrogens is 256 g/mol. The first-order valence-corrected chi connectivity index (χ1v) is 6.25. The summed E-state index contributed by atoms with van der Waals surface area (Å²) in [6.45, 7) is 0.664. The highest BCUT2D eigenvalue weighted by Crippen LogP contribution is 2.10. The summed E-state index contributed by atoms with van der Waals surface area (Å²) in [7, 11) is 1.85. The van der Waals surface area contributed by atoms with E-state index in [9.17, 15) is 0 Å². The van der Waals surface area contributed by atoms with Gasteiger partial charge < -0.3 is 5.32 Å². The van der Waals surface area contributed by atoms with Crippen molar-refractivity contribution in [2.24, 2.45) is 7.05 Å². The second-order valence-electron chi connectivity index (χ2n) is 4.26. The zero-order chi connectivity index (χ0) is 13.8. The van der Waals surface area contributed by atoms with Gasteiger partial charge in [-0.3, -0.25) is 4.68 Å². The number of hydrogen-bond acceptors (Lipinski definition) is 6. The maximum Gasteiger partial charge on any atom is 0.247 e. The Morgan fingerprint density at radius 2 is 2.05 bits per heavy atom. The van der Waals surface area contributed by atoms with E-state index >= 15 is 0 Å². The number of tetrazole rings is 1. The Labute approximate surface area is 115 Å². The molecular formula is C12H14N8. The van der Waals surface area contributed by atoms with E-state index in [0.717, 1.165) is 11.5 Å². The number of nitrogens with one attached hydrogen (secondary N) is 1. The molecule has 0 fully saturated rings. The number of aryl methyl sites for hydroxylation is 1. The number of rotatable bonds is 5. The summed E-state index contributed by atoms with van der Waals surface area (Å²) < 4.78 is 3.34. The van der Waals surface area contributed by atoms with Gasteiger partial charge in [0.2, 0.25) is 5.95 Å². The van der Waals surface area contributed by atoms with Crippen molar-refractivity contribution in [2.45, 2.75) is 6.42 Å². The fourth-order valence-corrected chi connectivity index (χ4v) is 1.83. The molecule has 8 heteroatoms. The topological polar surface area (TPSA) is 86.3 Å². The lowest BCUT2D eigenvalue weighted by Crippen LogP contribution is -2.11. The molecule has 2 aromatic heterocycles. The lowest BCUT2D eigenvalue weighted by Gasteiger charge is -2.05. The van der Waals surface area contributed by atoms with E-state index in [1.165, 1.54) is 0 Å². The van der Waals surface area contributed by atoms with Crippen molar-refractivity contribution in [2.75, 3.05) is 11.9 Å². The number of nitrogens with zero attached hydrogens (tertiary/aromatic N) is 7. The molecule has 0 unspecified atom stereocenters. The van der Waals surface area contributed by atoms with Crippen LogP contribution in [-0.4, -0.2) is 41.5 Å². The number of para-hydroxylation sites is 1. The van der Waals surface area contributed by atoms with Crippen LogP contribution in [0, 0.1) is 0 Å². The predicted molar refractivity (Wildman–Crippen MR) is 72.4 cm³/mol. The molecule has 1 aromatic carbocycles. The Morgan fingerprint density at radius 3 is 2.80 bits per heavy atom. The van der Waals surface area contributed by atoms with Crippen molar-refractivity contribution < 1.29 is 0 Å². The van der Waals surface area contributed by atoms with E-state index in [1.807, 2.05) is 37.4 Å². The maximum absolute atomic E-state index is 4.22. The Kier molecular flexibility index (Phi) is 3.36. The van der Waals surface area contributed by atoms with Gasteiger partial charge in [-0.1, -0.05) is 23.3 Å². The third-order valence-corrected chi connectivity index (χ3v) is 2.75. The molecule has 102 valence electrons. The molecule has 3 rings (SSSR count). The van der Waals surface area contributed by atoms with E-state index in [-0.39, 0.29) is 0 Å². The van der Waals surface area contributed by atoms with E-state index in [1.54, 1.807) is 15.7 Å². The van der Waals surface area contributed by atoms with Crippen LogP contribution in [0.3, 0.4) is 0 Å². The first kappa shape index (κ1) is 12.3. The predicted octanol–water partition coefficient (Wildman–Crippen LogP) is 0.445. The van der Waals surface area contributed by atoms with Crippen LogP contribution in [0.1, 0.15) is 5.82 Å². The van der Waals surface area contributed by atoms with E-state index in [2.05, 4.69) is 30.9 Å². The second-order valence-corrected chi connectivity index (χ2v) is 4.26. The molecule has 1 N–H and O–H groups in total. The lowest BCUT2D eigenvalue weighted by molar-refractivity contribution is 0.740. The fourth-order valence-electron chi connectivity index (χ4n) is 1.83. The molecule has 0 spiro atoms. The average molecular weight is 270 g/mol. The Hall–Kier alpha value is -2.77. The van der Waals surface area contributed by atoms with Crippen LogP contribution in [0.4, 0.5) is 5.95 Å². The monoisotopic (exact) mass is 270 g/mol. The van der Waals surface area contributed by atoms with Gasteiger partial charge in [0.25, 0.3) is 0 Å². The van der Waals surface area contributed by atoms with Gasteiger partial charge in [-0.2, -0.15) is 9.78 Å². The van der Waals surface area contributed by atoms with Crippen molar-refractivity contribution in [1.29, 1.82) is 0 Å². The SMILES string of the molecule is Cn1cnc(CCNc2nnnn2-c2ccccc2)n1. The largest absolute Gasteiger partial charge is 0.352 e. The molecule has 0 aliphatic heterocycles. The summed E-state index contributed by atoms with van der Waals surface area (Å²) in [6, 6.07) is 9.73. The summed E-state index contributed by atoms with van der Waals surface area (Å²) in [6.07, 6.45) is 2.39. The average Bonchev–Trinajstić information content (AvgIpc) is 3.09. The minimum absolute atomic E-state index is 0.604. The minimum atomic E-state index is 0.604. The molecule has 0 saturated heterocycles. The van der Waals surface area contributed by atoms with Crippen molar-refractivity contribution in [3.05, 3.63) is 42.5 Å². The van der Waals surface area contributed by atoms with Crippen LogP contribution in [-0.2, 0) is 13.5 Å². The molecule has 0 bridgehead atoms. The second kappa shape index (κ2) is 5.47. The van der Waals surface area contributed by atoms with Gasteiger partial charge in [-0.05, 0) is 22.6 Å². The Balaban J connectivity index is 1.65. The molecule has 0 amide bonds. The van der Waals surface area contributed by atoms with Crippen molar-refractivity contribution in [1.82, 2.24) is 35.0 Å². The van der Waals surface area contributed by atoms with Gasteiger partial charge in [-0.15, -0.1) is 0 Å². The molecule has 3 aromatic rings. The van der Waals surface area contributed by atoms with Crippen LogP contribution in [0.5, 0.6) is 0 Å². The molecule has 0 saturated carbocycles. The van der Waals surface area contributed by atoms with Gasteiger partial charge in [0, 0.05) is 20.0 Å². The molecule has 0 aliphatic carbocycles. The smallest absolute Gasteiger partial charge is 0.247 e. The molecule has 0 radical (unpaired) electrons. The minimum Gasteiger partial charge on any atom is -0.352 e. The highest BCUT2D eigenvalue weighted by atomic mass is 15.6. The van der Waals surface area contributed by atoms with Crippen LogP contribution in [0.15, 0.2) is 36.7 Å². The van der Waals surface area contributed by atoms with Crippen LogP contribution >= 0.6 is 0 Å². The zero-order valence-electron chi connectivity index (χ0n) is 11.0. The number of anilines is 1. The van der Waals surface area contributed by atoms with Crippen molar-refractivity contribution >= 4 is 5.95 Å². The molecule has 2 heterocycles. The van der Waals surface area contributed by atoms with Gasteiger partial charge in [-0.25, -0.2) is 4.98 Å². The van der Waals surface area contributed by atoms with Gasteiger partial charge in [0.15, 0.2) is 5.82 Å². The number of benzene rings is 1. The van der Waals surface area contributed by atoms with Crippen molar-refractivity contribution in [3.8, 4) is 5.69 Å². The third kappa shape index (κ3) is 2.63. The van der Waals surface area contributed by atoms with E-state index < -0.39 is 0 Å². The van der Waals surface area contributed by atoms with Gasteiger partial charge >= 0.3 is 0 Å². The summed E-state index contributed by atoms with van der Waals surface area (Å²) in [5.74, 6) is 1.39. The van der Waals surface area contributed by atoms with Crippen LogP contribution in [0.25, 0.3) is 5.69 Å². The summed E-state index contributed by atoms with van der Waals surface area (Å²) >= 11 is 0. The molecule has 20 heavy (non-hydrogen) atoms. The third-order valence-electron chi connectivity index (χ3n) is 2.75. The van der Waals surface area contributed by atoms with E-state index in [4.69, 9.17) is 0 Å². The normalized spacial score (nSPS) is 10.7. The zero-order valence-corrected chi connectivity index (χ0v) is 11.0. The van der Waals surface area contributed by atoms with Crippen molar-refractivity contribution in [3.63, 3.8) is 0 Å². The molecule has 0 aliphatic rings. The summed E-state index contributed by atoms with van der Waals surface area (Å²) in [5.41, 5.74) is 0.913. The molecule has 0 atom stereocenters. The van der Waals surface area contributed by atoms with Crippen LogP contribution in [0.2, 0.25) is 0 Å². The Bertz CT molecular complexity index is 672. The Morgan fingerprint density at radius 1 is 1.20 bits per heavy atom. The first-order chi connectivity index (χ1) is 9.83. The lowest BCUT2D eigenvalue weighted by atomic mass is 10.3. The summed E-state index contributed by atoms with van der Waals surface area (Å²) in [4.78, 5) is 4.17.